The van der Waals surface area contributed by atoms with E-state index in [1.165, 1.54) is 11.1 Å². The average Bonchev–Trinajstić information content (AvgIpc) is 2.67. The molecule has 2 N–H and O–H groups in total. The number of rotatable bonds is 4. The van der Waals surface area contributed by atoms with Crippen LogP contribution in [0.4, 0.5) is 5.69 Å². The lowest BCUT2D eigenvalue weighted by molar-refractivity contribution is 0.560. The van der Waals surface area contributed by atoms with Gasteiger partial charge in [-0.25, -0.2) is 4.79 Å². The maximum atomic E-state index is 12.0. The summed E-state index contributed by atoms with van der Waals surface area (Å²) >= 11 is 0. The van der Waals surface area contributed by atoms with Crippen molar-refractivity contribution in [3.8, 4) is 0 Å². The second-order valence-corrected chi connectivity index (χ2v) is 6.44. The summed E-state index contributed by atoms with van der Waals surface area (Å²) < 4.78 is 5.59. The van der Waals surface area contributed by atoms with Crippen molar-refractivity contribution in [2.75, 3.05) is 5.73 Å². The van der Waals surface area contributed by atoms with Crippen LogP contribution in [0.2, 0.25) is 0 Å². The fourth-order valence-corrected chi connectivity index (χ4v) is 3.27. The van der Waals surface area contributed by atoms with Crippen LogP contribution in [0.1, 0.15) is 22.3 Å². The Morgan fingerprint density at radius 2 is 1.38 bits per heavy atom. The predicted octanol–water partition coefficient (Wildman–Crippen LogP) is 4.56. The Bertz CT molecular complexity index is 1100. The standard InChI is InChI=1S/C23H19NO2/c24-21-15-19-12-11-18(13-16-7-3-1-4-8-16)20(22(19)26-23(21)25)14-17-9-5-2-6-10-17/h1-12,15H,13-14,24H2. The Balaban J connectivity index is 1.88. The molecule has 4 aromatic rings. The maximum absolute atomic E-state index is 12.0. The highest BCUT2D eigenvalue weighted by Crippen LogP contribution is 2.27. The Morgan fingerprint density at radius 1 is 0.769 bits per heavy atom. The van der Waals surface area contributed by atoms with E-state index in [1.807, 2.05) is 42.5 Å². The number of benzene rings is 3. The zero-order chi connectivity index (χ0) is 17.9. The van der Waals surface area contributed by atoms with E-state index in [0.29, 0.717) is 12.0 Å². The van der Waals surface area contributed by atoms with Crippen LogP contribution in [0.5, 0.6) is 0 Å². The first-order valence-corrected chi connectivity index (χ1v) is 8.62. The minimum Gasteiger partial charge on any atom is -0.421 e. The Hall–Kier alpha value is -3.33. The Labute approximate surface area is 151 Å². The number of hydrogen-bond acceptors (Lipinski definition) is 3. The van der Waals surface area contributed by atoms with Crippen molar-refractivity contribution in [3.63, 3.8) is 0 Å². The van der Waals surface area contributed by atoms with Gasteiger partial charge in [0.15, 0.2) is 0 Å². The van der Waals surface area contributed by atoms with Crippen molar-refractivity contribution in [2.45, 2.75) is 12.8 Å². The van der Waals surface area contributed by atoms with Gasteiger partial charge in [0.05, 0.1) is 0 Å². The third kappa shape index (κ3) is 3.24. The first kappa shape index (κ1) is 16.2. The van der Waals surface area contributed by atoms with Gasteiger partial charge >= 0.3 is 5.63 Å². The molecule has 1 heterocycles. The summed E-state index contributed by atoms with van der Waals surface area (Å²) in [5.74, 6) is 0. The lowest BCUT2D eigenvalue weighted by Gasteiger charge is -2.13. The topological polar surface area (TPSA) is 56.2 Å². The van der Waals surface area contributed by atoms with Crippen LogP contribution in [0, 0.1) is 0 Å². The summed E-state index contributed by atoms with van der Waals surface area (Å²) in [6.07, 6.45) is 1.49. The fraction of sp³-hybridized carbons (Fsp3) is 0.0870. The molecule has 0 unspecified atom stereocenters. The second-order valence-electron chi connectivity index (χ2n) is 6.44. The van der Waals surface area contributed by atoms with Gasteiger partial charge in [0.1, 0.15) is 11.3 Å². The lowest BCUT2D eigenvalue weighted by atomic mass is 9.93. The molecule has 0 saturated carbocycles. The summed E-state index contributed by atoms with van der Waals surface area (Å²) in [5, 5.41) is 0.852. The van der Waals surface area contributed by atoms with Crippen LogP contribution in [-0.2, 0) is 12.8 Å². The zero-order valence-corrected chi connectivity index (χ0v) is 14.3. The molecule has 0 fully saturated rings. The summed E-state index contributed by atoms with van der Waals surface area (Å²) in [7, 11) is 0. The minimum atomic E-state index is -0.483. The predicted molar refractivity (Wildman–Crippen MR) is 105 cm³/mol. The lowest BCUT2D eigenvalue weighted by Crippen LogP contribution is -2.08. The van der Waals surface area contributed by atoms with E-state index in [0.717, 1.165) is 22.9 Å². The molecule has 3 aromatic carbocycles. The molecule has 3 heteroatoms. The third-order valence-electron chi connectivity index (χ3n) is 4.59. The van der Waals surface area contributed by atoms with Gasteiger partial charge in [-0.2, -0.15) is 0 Å². The molecule has 3 nitrogen and oxygen atoms in total. The Morgan fingerprint density at radius 3 is 2.04 bits per heavy atom. The number of nitrogens with two attached hydrogens (primary N) is 1. The fourth-order valence-electron chi connectivity index (χ4n) is 3.27. The molecule has 0 saturated heterocycles. The van der Waals surface area contributed by atoms with Crippen molar-refractivity contribution >= 4 is 16.7 Å². The SMILES string of the molecule is Nc1cc2ccc(Cc3ccccc3)c(Cc3ccccc3)c2oc1=O. The molecule has 0 spiro atoms. The average molecular weight is 341 g/mol. The van der Waals surface area contributed by atoms with E-state index in [4.69, 9.17) is 10.2 Å². The molecule has 0 amide bonds. The molecule has 0 radical (unpaired) electrons. The quantitative estimate of drug-likeness (QED) is 0.554. The van der Waals surface area contributed by atoms with E-state index in [9.17, 15) is 4.79 Å². The number of hydrogen-bond donors (Lipinski definition) is 1. The van der Waals surface area contributed by atoms with E-state index < -0.39 is 5.63 Å². The highest BCUT2D eigenvalue weighted by atomic mass is 16.4. The van der Waals surface area contributed by atoms with Gasteiger partial charge in [0.2, 0.25) is 0 Å². The van der Waals surface area contributed by atoms with Gasteiger partial charge < -0.3 is 10.2 Å². The molecular weight excluding hydrogens is 322 g/mol. The number of fused-ring (bicyclic) bond motifs is 1. The van der Waals surface area contributed by atoms with Crippen LogP contribution in [0.15, 0.2) is 88.1 Å². The van der Waals surface area contributed by atoms with Gasteiger partial charge in [-0.15, -0.1) is 0 Å². The molecule has 0 aliphatic heterocycles. The smallest absolute Gasteiger partial charge is 0.359 e. The molecule has 1 aromatic heterocycles. The van der Waals surface area contributed by atoms with Crippen LogP contribution in [0.3, 0.4) is 0 Å². The van der Waals surface area contributed by atoms with Crippen molar-refractivity contribution in [1.29, 1.82) is 0 Å². The maximum Gasteiger partial charge on any atom is 0.359 e. The molecule has 0 atom stereocenters. The van der Waals surface area contributed by atoms with Gasteiger partial charge in [0.25, 0.3) is 0 Å². The molecule has 0 aliphatic carbocycles. The minimum absolute atomic E-state index is 0.138. The molecule has 26 heavy (non-hydrogen) atoms. The van der Waals surface area contributed by atoms with Crippen LogP contribution < -0.4 is 11.4 Å². The molecule has 0 aliphatic rings. The van der Waals surface area contributed by atoms with Crippen molar-refractivity contribution in [2.24, 2.45) is 0 Å². The number of anilines is 1. The van der Waals surface area contributed by atoms with Crippen molar-refractivity contribution in [3.05, 3.63) is 112 Å². The van der Waals surface area contributed by atoms with Crippen LogP contribution >= 0.6 is 0 Å². The van der Waals surface area contributed by atoms with E-state index >= 15 is 0 Å². The van der Waals surface area contributed by atoms with Gasteiger partial charge in [-0.3, -0.25) is 0 Å². The van der Waals surface area contributed by atoms with Crippen molar-refractivity contribution in [1.82, 2.24) is 0 Å². The highest BCUT2D eigenvalue weighted by Gasteiger charge is 2.13. The third-order valence-corrected chi connectivity index (χ3v) is 4.59. The molecular formula is C23H19NO2. The van der Waals surface area contributed by atoms with E-state index in [2.05, 4.69) is 30.3 Å². The number of nitrogen functional groups attached to an aromatic ring is 1. The van der Waals surface area contributed by atoms with Gasteiger partial charge in [-0.1, -0.05) is 72.8 Å². The Kier molecular flexibility index (Phi) is 4.28. The normalized spacial score (nSPS) is 10.9. The monoisotopic (exact) mass is 341 g/mol. The summed E-state index contributed by atoms with van der Waals surface area (Å²) in [6.45, 7) is 0. The summed E-state index contributed by atoms with van der Waals surface area (Å²) in [6, 6.07) is 26.3. The van der Waals surface area contributed by atoms with E-state index in [1.54, 1.807) is 6.07 Å². The molecule has 0 bridgehead atoms. The van der Waals surface area contributed by atoms with Crippen LogP contribution in [0.25, 0.3) is 11.0 Å². The van der Waals surface area contributed by atoms with E-state index in [-0.39, 0.29) is 5.69 Å². The van der Waals surface area contributed by atoms with Crippen molar-refractivity contribution < 1.29 is 4.42 Å². The van der Waals surface area contributed by atoms with Crippen LogP contribution in [-0.4, -0.2) is 0 Å². The highest BCUT2D eigenvalue weighted by molar-refractivity contribution is 5.83. The second kappa shape index (κ2) is 6.89. The van der Waals surface area contributed by atoms with Gasteiger partial charge in [0, 0.05) is 17.4 Å². The first-order chi connectivity index (χ1) is 12.7. The largest absolute Gasteiger partial charge is 0.421 e. The molecule has 4 rings (SSSR count). The molecule has 128 valence electrons. The summed E-state index contributed by atoms with van der Waals surface area (Å²) in [5.41, 5.74) is 10.6. The zero-order valence-electron chi connectivity index (χ0n) is 14.3. The van der Waals surface area contributed by atoms with Gasteiger partial charge in [-0.05, 0) is 29.2 Å². The summed E-state index contributed by atoms with van der Waals surface area (Å²) in [4.78, 5) is 12.0. The first-order valence-electron chi connectivity index (χ1n) is 8.62.